The number of carboxylic acids is 1. The molecule has 0 aromatic heterocycles. The molecule has 0 spiro atoms. The van der Waals surface area contributed by atoms with Crippen LogP contribution in [0.25, 0.3) is 0 Å². The Morgan fingerprint density at radius 3 is 1.92 bits per heavy atom. The van der Waals surface area contributed by atoms with Crippen LogP contribution >= 0.6 is 0 Å². The number of carbonyl (C=O) groups excluding carboxylic acids is 2. The first-order valence-electron chi connectivity index (χ1n) is 3.54. The van der Waals surface area contributed by atoms with Gasteiger partial charge in [-0.25, -0.2) is 0 Å². The normalized spacial score (nSPS) is 7.58. The zero-order chi connectivity index (χ0) is 10.1. The fourth-order valence-electron chi connectivity index (χ4n) is 0.378. The Balaban J connectivity index is 0. The molecular formula is C7H13NO4. The summed E-state index contributed by atoms with van der Waals surface area (Å²) in [7, 11) is 0. The summed E-state index contributed by atoms with van der Waals surface area (Å²) in [6.07, 6.45) is -0.667. The molecule has 0 aliphatic carbocycles. The highest BCUT2D eigenvalue weighted by molar-refractivity contribution is 6.01. The standard InChI is InChI=1S/C5H7NO4.C2H6/c1-3(7)6-4(8)2-5(9)10;1-2/h2H2,1H3,(H,9,10)(H,6,7,8);1-2H3. The van der Waals surface area contributed by atoms with Crippen LogP contribution in [0.4, 0.5) is 0 Å². The number of carbonyl (C=O) groups is 3. The maximum absolute atomic E-state index is 10.4. The lowest BCUT2D eigenvalue weighted by atomic mass is 10.4. The van der Waals surface area contributed by atoms with Gasteiger partial charge in [-0.1, -0.05) is 13.8 Å². The Morgan fingerprint density at radius 2 is 1.67 bits per heavy atom. The molecule has 0 aliphatic heterocycles. The van der Waals surface area contributed by atoms with Crippen LogP contribution in [-0.4, -0.2) is 22.9 Å². The topological polar surface area (TPSA) is 83.5 Å². The van der Waals surface area contributed by atoms with E-state index in [-0.39, 0.29) is 0 Å². The highest BCUT2D eigenvalue weighted by Crippen LogP contribution is 1.77. The molecular weight excluding hydrogens is 162 g/mol. The van der Waals surface area contributed by atoms with Crippen molar-refractivity contribution in [3.05, 3.63) is 0 Å². The lowest BCUT2D eigenvalue weighted by molar-refractivity contribution is -0.141. The first-order valence-corrected chi connectivity index (χ1v) is 3.54. The molecule has 5 nitrogen and oxygen atoms in total. The van der Waals surface area contributed by atoms with E-state index in [1.807, 2.05) is 19.2 Å². The van der Waals surface area contributed by atoms with Gasteiger partial charge in [-0.05, 0) is 0 Å². The quantitative estimate of drug-likeness (QED) is 0.585. The Hall–Kier alpha value is -1.39. The number of aliphatic carboxylic acids is 1. The van der Waals surface area contributed by atoms with Crippen LogP contribution in [0.1, 0.15) is 27.2 Å². The highest BCUT2D eigenvalue weighted by Gasteiger charge is 2.07. The Kier molecular flexibility index (Phi) is 8.50. The van der Waals surface area contributed by atoms with Gasteiger partial charge in [-0.3, -0.25) is 19.7 Å². The average Bonchev–Trinajstić information content (AvgIpc) is 1.87. The summed E-state index contributed by atoms with van der Waals surface area (Å²) in [5.74, 6) is -2.59. The molecule has 0 rings (SSSR count). The van der Waals surface area contributed by atoms with E-state index in [0.29, 0.717) is 0 Å². The molecule has 2 N–H and O–H groups in total. The molecule has 0 heterocycles. The number of nitrogens with one attached hydrogen (secondary N) is 1. The van der Waals surface area contributed by atoms with E-state index in [0.717, 1.165) is 6.92 Å². The van der Waals surface area contributed by atoms with Crippen LogP contribution in [0, 0.1) is 0 Å². The zero-order valence-corrected chi connectivity index (χ0v) is 7.38. The number of imide groups is 1. The second kappa shape index (κ2) is 7.71. The van der Waals surface area contributed by atoms with Crippen LogP contribution in [0.2, 0.25) is 0 Å². The number of amides is 2. The van der Waals surface area contributed by atoms with Gasteiger partial charge in [0.15, 0.2) is 0 Å². The van der Waals surface area contributed by atoms with E-state index in [9.17, 15) is 14.4 Å². The van der Waals surface area contributed by atoms with Crippen LogP contribution in [-0.2, 0) is 14.4 Å². The van der Waals surface area contributed by atoms with Gasteiger partial charge in [0.1, 0.15) is 6.42 Å². The second-order valence-corrected chi connectivity index (χ2v) is 1.67. The third kappa shape index (κ3) is 11.4. The average molecular weight is 175 g/mol. The van der Waals surface area contributed by atoms with Crippen molar-refractivity contribution in [1.29, 1.82) is 0 Å². The van der Waals surface area contributed by atoms with E-state index < -0.39 is 24.2 Å². The van der Waals surface area contributed by atoms with Gasteiger partial charge >= 0.3 is 5.97 Å². The molecule has 0 unspecified atom stereocenters. The van der Waals surface area contributed by atoms with Crippen molar-refractivity contribution in [2.75, 3.05) is 0 Å². The van der Waals surface area contributed by atoms with Gasteiger partial charge in [0.2, 0.25) is 11.8 Å². The van der Waals surface area contributed by atoms with Crippen molar-refractivity contribution < 1.29 is 19.5 Å². The molecule has 0 fully saturated rings. The fraction of sp³-hybridized carbons (Fsp3) is 0.571. The van der Waals surface area contributed by atoms with Gasteiger partial charge < -0.3 is 5.11 Å². The minimum Gasteiger partial charge on any atom is -0.481 e. The smallest absolute Gasteiger partial charge is 0.312 e. The Bertz CT molecular complexity index is 158. The third-order valence-corrected chi connectivity index (χ3v) is 0.627. The lowest BCUT2D eigenvalue weighted by Gasteiger charge is -1.94. The Morgan fingerprint density at radius 1 is 1.25 bits per heavy atom. The van der Waals surface area contributed by atoms with Crippen molar-refractivity contribution in [3.63, 3.8) is 0 Å². The minimum atomic E-state index is -1.25. The molecule has 0 saturated heterocycles. The monoisotopic (exact) mass is 175 g/mol. The largest absolute Gasteiger partial charge is 0.481 e. The predicted octanol–water partition coefficient (Wildman–Crippen LogP) is 0.150. The fourth-order valence-corrected chi connectivity index (χ4v) is 0.378. The van der Waals surface area contributed by atoms with Crippen molar-refractivity contribution >= 4 is 17.8 Å². The zero-order valence-electron chi connectivity index (χ0n) is 7.38. The van der Waals surface area contributed by atoms with Crippen LogP contribution in [0.15, 0.2) is 0 Å². The summed E-state index contributed by atoms with van der Waals surface area (Å²) in [6, 6.07) is 0. The summed E-state index contributed by atoms with van der Waals surface area (Å²) in [4.78, 5) is 30.3. The molecule has 12 heavy (non-hydrogen) atoms. The van der Waals surface area contributed by atoms with Crippen LogP contribution in [0.3, 0.4) is 0 Å². The number of hydrogen-bond donors (Lipinski definition) is 2. The lowest BCUT2D eigenvalue weighted by Crippen LogP contribution is -2.29. The number of rotatable bonds is 2. The van der Waals surface area contributed by atoms with Crippen molar-refractivity contribution in [3.8, 4) is 0 Å². The first-order chi connectivity index (χ1) is 5.52. The van der Waals surface area contributed by atoms with E-state index in [4.69, 9.17) is 5.11 Å². The molecule has 5 heteroatoms. The third-order valence-electron chi connectivity index (χ3n) is 0.627. The molecule has 2 amide bonds. The number of hydrogen-bond acceptors (Lipinski definition) is 3. The summed E-state index contributed by atoms with van der Waals surface area (Å²) < 4.78 is 0. The molecule has 0 atom stereocenters. The summed E-state index contributed by atoms with van der Waals surface area (Å²) in [6.45, 7) is 5.14. The summed E-state index contributed by atoms with van der Waals surface area (Å²) in [5, 5.41) is 9.84. The molecule has 70 valence electrons. The maximum atomic E-state index is 10.4. The Labute approximate surface area is 70.8 Å². The second-order valence-electron chi connectivity index (χ2n) is 1.67. The molecule has 0 saturated carbocycles. The summed E-state index contributed by atoms with van der Waals surface area (Å²) >= 11 is 0. The molecule has 0 radical (unpaired) electrons. The SMILES string of the molecule is CC.CC(=O)NC(=O)CC(=O)O. The van der Waals surface area contributed by atoms with Gasteiger partial charge in [0.05, 0.1) is 0 Å². The first kappa shape index (κ1) is 13.2. The van der Waals surface area contributed by atoms with Crippen LogP contribution in [0.5, 0.6) is 0 Å². The van der Waals surface area contributed by atoms with Gasteiger partial charge in [0.25, 0.3) is 0 Å². The highest BCUT2D eigenvalue weighted by atomic mass is 16.4. The minimum absolute atomic E-state index is 0.550. The molecule has 0 aromatic rings. The van der Waals surface area contributed by atoms with Crippen LogP contribution < -0.4 is 5.32 Å². The van der Waals surface area contributed by atoms with Gasteiger partial charge in [-0.15, -0.1) is 0 Å². The number of carboxylic acid groups (broad SMARTS) is 1. The molecule has 0 aliphatic rings. The van der Waals surface area contributed by atoms with Gasteiger partial charge in [-0.2, -0.15) is 0 Å². The predicted molar refractivity (Wildman–Crippen MR) is 42.4 cm³/mol. The molecule has 0 aromatic carbocycles. The maximum Gasteiger partial charge on any atom is 0.312 e. The van der Waals surface area contributed by atoms with Gasteiger partial charge in [0, 0.05) is 6.92 Å². The van der Waals surface area contributed by atoms with E-state index >= 15 is 0 Å². The van der Waals surface area contributed by atoms with E-state index in [1.165, 1.54) is 0 Å². The summed E-state index contributed by atoms with van der Waals surface area (Å²) in [5.41, 5.74) is 0. The van der Waals surface area contributed by atoms with Crippen molar-refractivity contribution in [1.82, 2.24) is 5.32 Å². The van der Waals surface area contributed by atoms with Crippen molar-refractivity contribution in [2.45, 2.75) is 27.2 Å². The molecule has 0 bridgehead atoms. The van der Waals surface area contributed by atoms with E-state index in [1.54, 1.807) is 0 Å². The van der Waals surface area contributed by atoms with E-state index in [2.05, 4.69) is 0 Å². The van der Waals surface area contributed by atoms with Crippen molar-refractivity contribution in [2.24, 2.45) is 0 Å².